The fraction of sp³-hybridized carbons (Fsp3) is 0.240. The summed E-state index contributed by atoms with van der Waals surface area (Å²) in [6.45, 7) is 4.41. The fourth-order valence-corrected chi connectivity index (χ4v) is 3.71. The number of hydrogen-bond donors (Lipinski definition) is 3. The lowest BCUT2D eigenvalue weighted by Crippen LogP contribution is -2.18. The maximum Gasteiger partial charge on any atom is 0.251 e. The fourth-order valence-electron chi connectivity index (χ4n) is 3.71. The monoisotopic (exact) mass is 442 g/mol. The van der Waals surface area contributed by atoms with E-state index in [9.17, 15) is 9.90 Å². The first-order valence-corrected chi connectivity index (χ1v) is 10.8. The van der Waals surface area contributed by atoms with Crippen LogP contribution in [0.25, 0.3) is 22.2 Å². The molecule has 0 aliphatic carbocycles. The first-order valence-electron chi connectivity index (χ1n) is 10.8. The number of carbonyl (C=O) groups excluding carboxylic acids is 1. The summed E-state index contributed by atoms with van der Waals surface area (Å²) in [6, 6.07) is 13.2. The predicted molar refractivity (Wildman–Crippen MR) is 128 cm³/mol. The van der Waals surface area contributed by atoms with Gasteiger partial charge in [-0.15, -0.1) is 0 Å². The molecule has 4 aromatic rings. The lowest BCUT2D eigenvalue weighted by Gasteiger charge is -2.16. The molecule has 0 aliphatic heterocycles. The number of anilines is 1. The van der Waals surface area contributed by atoms with Gasteiger partial charge in [0.2, 0.25) is 0 Å². The highest BCUT2D eigenvalue weighted by Gasteiger charge is 2.15. The Hall–Kier alpha value is -3.91. The smallest absolute Gasteiger partial charge is 0.251 e. The highest BCUT2D eigenvalue weighted by atomic mass is 16.3. The maximum atomic E-state index is 12.2. The SMILES string of the molecule is CNC(=O)c1ccnc2c([C@H](C)CNc3cc(-c4ccc(C(C)O)nc4)ncn3)cccc12. The van der Waals surface area contributed by atoms with E-state index in [1.807, 2.05) is 30.3 Å². The van der Waals surface area contributed by atoms with Crippen LogP contribution in [-0.2, 0) is 0 Å². The molecule has 8 nitrogen and oxygen atoms in total. The van der Waals surface area contributed by atoms with E-state index in [-0.39, 0.29) is 11.8 Å². The highest BCUT2D eigenvalue weighted by molar-refractivity contribution is 6.06. The van der Waals surface area contributed by atoms with Gasteiger partial charge in [-0.2, -0.15) is 0 Å². The van der Waals surface area contributed by atoms with Crippen LogP contribution in [0.2, 0.25) is 0 Å². The quantitative estimate of drug-likeness (QED) is 0.400. The number of nitrogens with zero attached hydrogens (tertiary/aromatic N) is 4. The molecule has 1 aromatic carbocycles. The zero-order chi connectivity index (χ0) is 23.4. The van der Waals surface area contributed by atoms with Gasteiger partial charge in [0.05, 0.1) is 28.6 Å². The summed E-state index contributed by atoms with van der Waals surface area (Å²) in [5, 5.41) is 16.5. The van der Waals surface area contributed by atoms with Crippen molar-refractivity contribution in [3.63, 3.8) is 0 Å². The summed E-state index contributed by atoms with van der Waals surface area (Å²) in [4.78, 5) is 29.8. The van der Waals surface area contributed by atoms with Crippen molar-refractivity contribution in [1.29, 1.82) is 0 Å². The van der Waals surface area contributed by atoms with Gasteiger partial charge in [-0.1, -0.05) is 25.1 Å². The number of hydrogen-bond acceptors (Lipinski definition) is 7. The molecule has 0 bridgehead atoms. The topological polar surface area (TPSA) is 113 Å². The maximum absolute atomic E-state index is 12.2. The molecule has 4 rings (SSSR count). The number of nitrogens with one attached hydrogen (secondary N) is 2. The number of para-hydroxylation sites is 1. The molecular formula is C25H26N6O2. The third-order valence-electron chi connectivity index (χ3n) is 5.57. The van der Waals surface area contributed by atoms with Gasteiger partial charge in [0.25, 0.3) is 5.91 Å². The van der Waals surface area contributed by atoms with Crippen molar-refractivity contribution >= 4 is 22.6 Å². The minimum absolute atomic E-state index is 0.117. The third kappa shape index (κ3) is 4.80. The lowest BCUT2D eigenvalue weighted by molar-refractivity contribution is 0.0964. The van der Waals surface area contributed by atoms with Crippen LogP contribution in [0.4, 0.5) is 5.82 Å². The Morgan fingerprint density at radius 2 is 1.91 bits per heavy atom. The molecule has 1 amide bonds. The predicted octanol–water partition coefficient (Wildman–Crippen LogP) is 3.72. The Balaban J connectivity index is 1.53. The van der Waals surface area contributed by atoms with E-state index in [0.29, 0.717) is 23.6 Å². The molecule has 0 saturated carbocycles. The second kappa shape index (κ2) is 9.70. The van der Waals surface area contributed by atoms with Crippen LogP contribution >= 0.6 is 0 Å². The van der Waals surface area contributed by atoms with Crippen molar-refractivity contribution in [2.45, 2.75) is 25.9 Å². The van der Waals surface area contributed by atoms with E-state index < -0.39 is 6.10 Å². The minimum atomic E-state index is -0.612. The molecule has 168 valence electrons. The van der Waals surface area contributed by atoms with Gasteiger partial charge in [-0.25, -0.2) is 9.97 Å². The van der Waals surface area contributed by atoms with E-state index in [1.54, 1.807) is 38.5 Å². The molecule has 0 spiro atoms. The van der Waals surface area contributed by atoms with Crippen molar-refractivity contribution in [3.8, 4) is 11.3 Å². The zero-order valence-corrected chi connectivity index (χ0v) is 18.8. The molecule has 0 aliphatic rings. The van der Waals surface area contributed by atoms with Gasteiger partial charge in [0, 0.05) is 48.9 Å². The van der Waals surface area contributed by atoms with Crippen LogP contribution in [-0.4, -0.2) is 44.5 Å². The van der Waals surface area contributed by atoms with Gasteiger partial charge >= 0.3 is 0 Å². The number of rotatable bonds is 7. The molecule has 8 heteroatoms. The molecule has 3 heterocycles. The molecule has 33 heavy (non-hydrogen) atoms. The van der Waals surface area contributed by atoms with Gasteiger partial charge < -0.3 is 15.7 Å². The van der Waals surface area contributed by atoms with E-state index in [2.05, 4.69) is 37.5 Å². The summed E-state index contributed by atoms with van der Waals surface area (Å²) >= 11 is 0. The number of aliphatic hydroxyl groups excluding tert-OH is 1. The average Bonchev–Trinajstić information content (AvgIpc) is 2.86. The average molecular weight is 443 g/mol. The summed E-state index contributed by atoms with van der Waals surface area (Å²) in [7, 11) is 1.62. The summed E-state index contributed by atoms with van der Waals surface area (Å²) < 4.78 is 0. The second-order valence-electron chi connectivity index (χ2n) is 7.90. The molecule has 2 atom stereocenters. The summed E-state index contributed by atoms with van der Waals surface area (Å²) in [6.07, 6.45) is 4.27. The molecule has 3 aromatic heterocycles. The summed E-state index contributed by atoms with van der Waals surface area (Å²) in [5.74, 6) is 0.687. The number of carbonyl (C=O) groups is 1. The van der Waals surface area contributed by atoms with Crippen LogP contribution in [0.1, 0.15) is 47.5 Å². The minimum Gasteiger partial charge on any atom is -0.387 e. The number of pyridine rings is 2. The number of fused-ring (bicyclic) bond motifs is 1. The van der Waals surface area contributed by atoms with Crippen molar-refractivity contribution < 1.29 is 9.90 Å². The zero-order valence-electron chi connectivity index (χ0n) is 18.8. The van der Waals surface area contributed by atoms with Crippen LogP contribution in [0, 0.1) is 0 Å². The molecule has 0 saturated heterocycles. The number of benzene rings is 1. The van der Waals surface area contributed by atoms with Crippen molar-refractivity contribution in [2.75, 3.05) is 18.9 Å². The Morgan fingerprint density at radius 1 is 1.06 bits per heavy atom. The standard InChI is InChI=1S/C25H26N6O2/c1-15(18-5-4-6-19-20(25(33)26-3)9-10-27-24(18)19)12-29-23-11-22(30-14-31-23)17-7-8-21(16(2)32)28-13-17/h4-11,13-16,32H,12H2,1-3H3,(H,26,33)(H,29,30,31)/t15-,16?/m1/s1. The van der Waals surface area contributed by atoms with Gasteiger partial charge in [0.15, 0.2) is 0 Å². The Kier molecular flexibility index (Phi) is 6.55. The van der Waals surface area contributed by atoms with E-state index in [4.69, 9.17) is 0 Å². The Morgan fingerprint density at radius 3 is 2.64 bits per heavy atom. The second-order valence-corrected chi connectivity index (χ2v) is 7.90. The van der Waals surface area contributed by atoms with Crippen LogP contribution in [0.15, 0.2) is 61.2 Å². The van der Waals surface area contributed by atoms with Crippen LogP contribution in [0.3, 0.4) is 0 Å². The number of aromatic nitrogens is 4. The molecule has 1 unspecified atom stereocenters. The van der Waals surface area contributed by atoms with Crippen molar-refractivity contribution in [1.82, 2.24) is 25.3 Å². The highest BCUT2D eigenvalue weighted by Crippen LogP contribution is 2.27. The van der Waals surface area contributed by atoms with Crippen molar-refractivity contribution in [2.24, 2.45) is 0 Å². The van der Waals surface area contributed by atoms with E-state index >= 15 is 0 Å². The number of aliphatic hydroxyl groups is 1. The van der Waals surface area contributed by atoms with E-state index in [0.717, 1.165) is 27.7 Å². The first-order chi connectivity index (χ1) is 16.0. The normalized spacial score (nSPS) is 12.8. The lowest BCUT2D eigenvalue weighted by atomic mass is 9.96. The van der Waals surface area contributed by atoms with E-state index in [1.165, 1.54) is 6.33 Å². The van der Waals surface area contributed by atoms with Crippen LogP contribution < -0.4 is 10.6 Å². The molecule has 0 fully saturated rings. The van der Waals surface area contributed by atoms with Gasteiger partial charge in [0.1, 0.15) is 12.1 Å². The van der Waals surface area contributed by atoms with Crippen LogP contribution in [0.5, 0.6) is 0 Å². The Labute approximate surface area is 192 Å². The molecular weight excluding hydrogens is 416 g/mol. The third-order valence-corrected chi connectivity index (χ3v) is 5.57. The largest absolute Gasteiger partial charge is 0.387 e. The summed E-state index contributed by atoms with van der Waals surface area (Å²) in [5.41, 5.74) is 4.69. The molecule has 0 radical (unpaired) electrons. The number of amides is 1. The van der Waals surface area contributed by atoms with Crippen molar-refractivity contribution in [3.05, 3.63) is 78.0 Å². The Bertz CT molecular complexity index is 1270. The molecule has 3 N–H and O–H groups in total. The first kappa shape index (κ1) is 22.3. The van der Waals surface area contributed by atoms with Gasteiger partial charge in [-0.05, 0) is 30.7 Å². The van der Waals surface area contributed by atoms with Gasteiger partial charge in [-0.3, -0.25) is 14.8 Å².